The summed E-state index contributed by atoms with van der Waals surface area (Å²) in [6.07, 6.45) is 2.15. The average molecular weight is 263 g/mol. The van der Waals surface area contributed by atoms with Gasteiger partial charge in [-0.05, 0) is 54.3 Å². The van der Waals surface area contributed by atoms with E-state index in [9.17, 15) is 0 Å². The molecular weight excluding hydrogens is 246 g/mol. The van der Waals surface area contributed by atoms with Crippen molar-refractivity contribution in [1.82, 2.24) is 0 Å². The van der Waals surface area contributed by atoms with E-state index in [-0.39, 0.29) is 0 Å². The van der Waals surface area contributed by atoms with E-state index in [0.29, 0.717) is 11.6 Å². The molecule has 0 fully saturated rings. The van der Waals surface area contributed by atoms with Gasteiger partial charge in [0.25, 0.3) is 0 Å². The van der Waals surface area contributed by atoms with Crippen molar-refractivity contribution < 1.29 is 0 Å². The van der Waals surface area contributed by atoms with Crippen molar-refractivity contribution in [3.63, 3.8) is 0 Å². The van der Waals surface area contributed by atoms with Gasteiger partial charge in [0.1, 0.15) is 0 Å². The Morgan fingerprint density at radius 3 is 2.90 bits per heavy atom. The standard InChI is InChI=1S/C17H17N3/c1-20(15-4-2-3-12(9-15)11-18)17-8-5-13-10-14(19)6-7-16(13)17/h2-4,6-7,9-10,17H,5,8,19H2,1H3. The minimum Gasteiger partial charge on any atom is -0.399 e. The normalized spacial score (nSPS) is 16.5. The molecule has 0 amide bonds. The zero-order chi connectivity index (χ0) is 14.1. The van der Waals surface area contributed by atoms with Crippen LogP contribution in [0.2, 0.25) is 0 Å². The van der Waals surface area contributed by atoms with Gasteiger partial charge in [-0.3, -0.25) is 0 Å². The Labute approximate surface area is 119 Å². The molecule has 20 heavy (non-hydrogen) atoms. The van der Waals surface area contributed by atoms with Crippen LogP contribution in [0.4, 0.5) is 11.4 Å². The number of benzene rings is 2. The Kier molecular flexibility index (Phi) is 3.08. The van der Waals surface area contributed by atoms with Gasteiger partial charge in [-0.25, -0.2) is 0 Å². The number of hydrogen-bond acceptors (Lipinski definition) is 3. The molecule has 0 saturated heterocycles. The van der Waals surface area contributed by atoms with Crippen LogP contribution < -0.4 is 10.6 Å². The van der Waals surface area contributed by atoms with Crippen molar-refractivity contribution in [3.05, 3.63) is 59.2 Å². The average Bonchev–Trinajstić information content (AvgIpc) is 2.89. The predicted octanol–water partition coefficient (Wildman–Crippen LogP) is 3.26. The van der Waals surface area contributed by atoms with Gasteiger partial charge < -0.3 is 10.6 Å². The monoisotopic (exact) mass is 263 g/mol. The number of hydrogen-bond donors (Lipinski definition) is 1. The quantitative estimate of drug-likeness (QED) is 0.846. The van der Waals surface area contributed by atoms with Gasteiger partial charge in [0.05, 0.1) is 17.7 Å². The van der Waals surface area contributed by atoms with E-state index in [2.05, 4.69) is 36.2 Å². The van der Waals surface area contributed by atoms with Gasteiger partial charge in [0, 0.05) is 18.4 Å². The maximum atomic E-state index is 9.02. The maximum Gasteiger partial charge on any atom is 0.0992 e. The summed E-state index contributed by atoms with van der Waals surface area (Å²) < 4.78 is 0. The number of nitrogens with zero attached hydrogens (tertiary/aromatic N) is 2. The second kappa shape index (κ2) is 4.90. The van der Waals surface area contributed by atoms with Crippen LogP contribution in [0.3, 0.4) is 0 Å². The Morgan fingerprint density at radius 2 is 2.10 bits per heavy atom. The number of anilines is 2. The zero-order valence-electron chi connectivity index (χ0n) is 11.5. The second-order valence-electron chi connectivity index (χ2n) is 5.29. The molecule has 0 radical (unpaired) electrons. The summed E-state index contributed by atoms with van der Waals surface area (Å²) in [5.74, 6) is 0. The smallest absolute Gasteiger partial charge is 0.0992 e. The lowest BCUT2D eigenvalue weighted by atomic mass is 10.1. The summed E-state index contributed by atoms with van der Waals surface area (Å²) in [7, 11) is 2.09. The Hall–Kier alpha value is -2.47. The highest BCUT2D eigenvalue weighted by atomic mass is 15.1. The van der Waals surface area contributed by atoms with Crippen molar-refractivity contribution >= 4 is 11.4 Å². The van der Waals surface area contributed by atoms with Crippen LogP contribution in [-0.2, 0) is 6.42 Å². The molecule has 1 aliphatic carbocycles. The minimum atomic E-state index is 0.361. The van der Waals surface area contributed by atoms with E-state index in [1.165, 1.54) is 11.1 Å². The topological polar surface area (TPSA) is 53.0 Å². The molecular formula is C17H17N3. The lowest BCUT2D eigenvalue weighted by molar-refractivity contribution is 0.662. The van der Waals surface area contributed by atoms with Crippen LogP contribution >= 0.6 is 0 Å². The molecule has 3 nitrogen and oxygen atoms in total. The van der Waals surface area contributed by atoms with Crippen molar-refractivity contribution in [2.45, 2.75) is 18.9 Å². The molecule has 0 saturated carbocycles. The van der Waals surface area contributed by atoms with Gasteiger partial charge in [0.2, 0.25) is 0 Å². The van der Waals surface area contributed by atoms with E-state index in [0.717, 1.165) is 24.2 Å². The summed E-state index contributed by atoms with van der Waals surface area (Å²) in [5.41, 5.74) is 11.2. The van der Waals surface area contributed by atoms with E-state index in [4.69, 9.17) is 11.0 Å². The third-order valence-corrected chi connectivity index (χ3v) is 4.06. The van der Waals surface area contributed by atoms with E-state index < -0.39 is 0 Å². The first-order valence-corrected chi connectivity index (χ1v) is 6.80. The molecule has 0 bridgehead atoms. The summed E-state index contributed by atoms with van der Waals surface area (Å²) in [4.78, 5) is 2.25. The summed E-state index contributed by atoms with van der Waals surface area (Å²) >= 11 is 0. The minimum absolute atomic E-state index is 0.361. The molecule has 100 valence electrons. The molecule has 0 heterocycles. The van der Waals surface area contributed by atoms with Gasteiger partial charge >= 0.3 is 0 Å². The van der Waals surface area contributed by atoms with E-state index in [1.54, 1.807) is 0 Å². The first kappa shape index (κ1) is 12.6. The van der Waals surface area contributed by atoms with Crippen molar-refractivity contribution in [2.75, 3.05) is 17.7 Å². The fraction of sp³-hybridized carbons (Fsp3) is 0.235. The summed E-state index contributed by atoms with van der Waals surface area (Å²) in [6.45, 7) is 0. The molecule has 0 aromatic heterocycles. The third-order valence-electron chi connectivity index (χ3n) is 4.06. The first-order valence-electron chi connectivity index (χ1n) is 6.80. The van der Waals surface area contributed by atoms with Crippen LogP contribution in [0.15, 0.2) is 42.5 Å². The molecule has 1 aliphatic rings. The van der Waals surface area contributed by atoms with Gasteiger partial charge in [-0.15, -0.1) is 0 Å². The maximum absolute atomic E-state index is 9.02. The highest BCUT2D eigenvalue weighted by molar-refractivity contribution is 5.55. The van der Waals surface area contributed by atoms with Crippen LogP contribution in [0.5, 0.6) is 0 Å². The highest BCUT2D eigenvalue weighted by Crippen LogP contribution is 2.38. The fourth-order valence-electron chi connectivity index (χ4n) is 2.99. The number of fused-ring (bicyclic) bond motifs is 1. The zero-order valence-corrected chi connectivity index (χ0v) is 11.5. The lowest BCUT2D eigenvalue weighted by Crippen LogP contribution is -2.22. The molecule has 2 N–H and O–H groups in total. The molecule has 1 unspecified atom stereocenters. The van der Waals surface area contributed by atoms with Crippen LogP contribution in [0.1, 0.15) is 29.2 Å². The number of nitrogens with two attached hydrogens (primary N) is 1. The highest BCUT2D eigenvalue weighted by Gasteiger charge is 2.26. The Bertz CT molecular complexity index is 685. The largest absolute Gasteiger partial charge is 0.399 e. The Morgan fingerprint density at radius 1 is 1.25 bits per heavy atom. The van der Waals surface area contributed by atoms with Gasteiger partial charge in [0.15, 0.2) is 0 Å². The number of nitrogen functional groups attached to an aromatic ring is 1. The van der Waals surface area contributed by atoms with Crippen molar-refractivity contribution in [3.8, 4) is 6.07 Å². The first-order chi connectivity index (χ1) is 9.69. The van der Waals surface area contributed by atoms with Crippen LogP contribution in [0.25, 0.3) is 0 Å². The molecule has 1 atom stereocenters. The third kappa shape index (κ3) is 2.10. The van der Waals surface area contributed by atoms with E-state index >= 15 is 0 Å². The number of rotatable bonds is 2. The lowest BCUT2D eigenvalue weighted by Gasteiger charge is -2.27. The van der Waals surface area contributed by atoms with Crippen molar-refractivity contribution in [2.24, 2.45) is 0 Å². The molecule has 3 rings (SSSR count). The van der Waals surface area contributed by atoms with Gasteiger partial charge in [-0.2, -0.15) is 5.26 Å². The van der Waals surface area contributed by atoms with Crippen LogP contribution in [-0.4, -0.2) is 7.05 Å². The van der Waals surface area contributed by atoms with Crippen LogP contribution in [0, 0.1) is 11.3 Å². The molecule has 0 aliphatic heterocycles. The van der Waals surface area contributed by atoms with E-state index in [1.807, 2.05) is 24.3 Å². The SMILES string of the molecule is CN(c1cccc(C#N)c1)C1CCc2cc(N)ccc21. The summed E-state index contributed by atoms with van der Waals surface area (Å²) in [6, 6.07) is 16.5. The summed E-state index contributed by atoms with van der Waals surface area (Å²) in [5, 5.41) is 9.02. The predicted molar refractivity (Wildman–Crippen MR) is 81.5 cm³/mol. The second-order valence-corrected chi connectivity index (χ2v) is 5.29. The van der Waals surface area contributed by atoms with Gasteiger partial charge in [-0.1, -0.05) is 12.1 Å². The Balaban J connectivity index is 1.93. The molecule has 0 spiro atoms. The molecule has 3 heteroatoms. The molecule has 2 aromatic carbocycles. The number of aryl methyl sites for hydroxylation is 1. The molecule has 2 aromatic rings. The fourth-order valence-corrected chi connectivity index (χ4v) is 2.99. The van der Waals surface area contributed by atoms with Crippen molar-refractivity contribution in [1.29, 1.82) is 5.26 Å². The number of nitriles is 1.